The van der Waals surface area contributed by atoms with Crippen LogP contribution in [0.2, 0.25) is 0 Å². The summed E-state index contributed by atoms with van der Waals surface area (Å²) >= 11 is 3.32. The molecule has 0 bridgehead atoms. The van der Waals surface area contributed by atoms with Gasteiger partial charge in [-0.3, -0.25) is 0 Å². The molecule has 0 aromatic heterocycles. The van der Waals surface area contributed by atoms with E-state index in [9.17, 15) is 4.39 Å². The fourth-order valence-electron chi connectivity index (χ4n) is 1.44. The zero-order valence-electron chi connectivity index (χ0n) is 8.55. The minimum absolute atomic E-state index is 0.0417. The van der Waals surface area contributed by atoms with E-state index in [4.69, 9.17) is 5.73 Å². The summed E-state index contributed by atoms with van der Waals surface area (Å²) < 4.78 is 13.6. The first kappa shape index (κ1) is 12.4. The molecular formula is C12H15BrFN. The Labute approximate surface area is 98.3 Å². The van der Waals surface area contributed by atoms with Crippen molar-refractivity contribution in [3.63, 3.8) is 0 Å². The second-order valence-electron chi connectivity index (χ2n) is 3.49. The molecule has 0 aliphatic heterocycles. The van der Waals surface area contributed by atoms with Crippen molar-refractivity contribution in [3.05, 3.63) is 46.7 Å². The summed E-state index contributed by atoms with van der Waals surface area (Å²) in [6.07, 6.45) is 4.74. The Morgan fingerprint density at radius 2 is 2.27 bits per heavy atom. The molecule has 0 fully saturated rings. The number of hydrogen-bond donors (Lipinski definition) is 1. The topological polar surface area (TPSA) is 26.0 Å². The van der Waals surface area contributed by atoms with Crippen LogP contribution in [0.1, 0.15) is 30.9 Å². The van der Waals surface area contributed by atoms with Crippen LogP contribution >= 0.6 is 15.9 Å². The molecule has 0 heterocycles. The van der Waals surface area contributed by atoms with Gasteiger partial charge in [0.1, 0.15) is 5.82 Å². The second kappa shape index (κ2) is 6.03. The summed E-state index contributed by atoms with van der Waals surface area (Å²) in [5, 5.41) is 0. The van der Waals surface area contributed by atoms with Gasteiger partial charge >= 0.3 is 0 Å². The summed E-state index contributed by atoms with van der Waals surface area (Å²) in [7, 11) is 0. The van der Waals surface area contributed by atoms with Crippen LogP contribution in [0.15, 0.2) is 35.3 Å². The monoisotopic (exact) mass is 271 g/mol. The zero-order valence-corrected chi connectivity index (χ0v) is 10.1. The van der Waals surface area contributed by atoms with Gasteiger partial charge < -0.3 is 5.73 Å². The fraction of sp³-hybridized carbons (Fsp3) is 0.333. The van der Waals surface area contributed by atoms with Crippen LogP contribution in [0.5, 0.6) is 0 Å². The number of benzene rings is 1. The molecule has 3 heteroatoms. The molecule has 0 radical (unpaired) electrons. The molecule has 0 saturated carbocycles. The maximum Gasteiger partial charge on any atom is 0.124 e. The van der Waals surface area contributed by atoms with Crippen LogP contribution in [-0.2, 0) is 0 Å². The van der Waals surface area contributed by atoms with Crippen molar-refractivity contribution < 1.29 is 4.39 Å². The van der Waals surface area contributed by atoms with Crippen LogP contribution < -0.4 is 5.73 Å². The lowest BCUT2D eigenvalue weighted by Gasteiger charge is -2.13. The van der Waals surface area contributed by atoms with Gasteiger partial charge in [-0.15, -0.1) is 6.58 Å². The fourth-order valence-corrected chi connectivity index (χ4v) is 2.08. The van der Waals surface area contributed by atoms with Gasteiger partial charge in [-0.1, -0.05) is 28.1 Å². The average molecular weight is 272 g/mol. The van der Waals surface area contributed by atoms with Crippen molar-refractivity contribution in [1.29, 1.82) is 0 Å². The van der Waals surface area contributed by atoms with Crippen molar-refractivity contribution in [2.45, 2.75) is 25.3 Å². The lowest BCUT2D eigenvalue weighted by Crippen LogP contribution is -2.10. The van der Waals surface area contributed by atoms with E-state index in [0.717, 1.165) is 29.3 Å². The number of rotatable bonds is 5. The largest absolute Gasteiger partial charge is 0.324 e. The summed E-state index contributed by atoms with van der Waals surface area (Å²) in [4.78, 5) is 0. The van der Waals surface area contributed by atoms with Gasteiger partial charge in [-0.2, -0.15) is 0 Å². The minimum atomic E-state index is -0.246. The van der Waals surface area contributed by atoms with Crippen molar-refractivity contribution >= 4 is 15.9 Å². The quantitative estimate of drug-likeness (QED) is 0.637. The Morgan fingerprint density at radius 3 is 2.87 bits per heavy atom. The summed E-state index contributed by atoms with van der Waals surface area (Å²) in [5.41, 5.74) is 6.96. The molecule has 0 aliphatic carbocycles. The van der Waals surface area contributed by atoms with E-state index in [-0.39, 0.29) is 11.9 Å². The predicted octanol–water partition coefficient (Wildman–Crippen LogP) is 3.94. The first-order valence-electron chi connectivity index (χ1n) is 4.96. The first-order chi connectivity index (χ1) is 7.15. The van der Waals surface area contributed by atoms with Crippen LogP contribution in [-0.4, -0.2) is 0 Å². The smallest absolute Gasteiger partial charge is 0.124 e. The summed E-state index contributed by atoms with van der Waals surface area (Å²) in [6, 6.07) is 4.58. The Morgan fingerprint density at radius 1 is 1.53 bits per heavy atom. The molecule has 1 unspecified atom stereocenters. The summed E-state index contributed by atoms with van der Waals surface area (Å²) in [5.74, 6) is -0.246. The van der Waals surface area contributed by atoms with Crippen LogP contribution in [0.4, 0.5) is 4.39 Å². The molecule has 15 heavy (non-hydrogen) atoms. The lowest BCUT2D eigenvalue weighted by atomic mass is 10.0. The van der Waals surface area contributed by atoms with Gasteiger partial charge in [-0.05, 0) is 37.0 Å². The van der Waals surface area contributed by atoms with E-state index in [1.54, 1.807) is 6.07 Å². The molecule has 1 nitrogen and oxygen atoms in total. The van der Waals surface area contributed by atoms with Crippen molar-refractivity contribution in [1.82, 2.24) is 0 Å². The number of nitrogens with two attached hydrogens (primary N) is 1. The lowest BCUT2D eigenvalue weighted by molar-refractivity contribution is 0.604. The van der Waals surface area contributed by atoms with Crippen LogP contribution in [0.3, 0.4) is 0 Å². The Hall–Kier alpha value is -0.670. The molecule has 0 saturated heterocycles. The highest BCUT2D eigenvalue weighted by Crippen LogP contribution is 2.25. The van der Waals surface area contributed by atoms with Gasteiger partial charge in [-0.25, -0.2) is 4.39 Å². The van der Waals surface area contributed by atoms with Crippen molar-refractivity contribution in [3.8, 4) is 0 Å². The molecule has 0 spiro atoms. The molecular weight excluding hydrogens is 257 g/mol. The minimum Gasteiger partial charge on any atom is -0.324 e. The number of allylic oxidation sites excluding steroid dienone is 1. The van der Waals surface area contributed by atoms with E-state index >= 15 is 0 Å². The Bertz CT molecular complexity index is 338. The molecule has 1 aromatic carbocycles. The maximum absolute atomic E-state index is 12.8. The average Bonchev–Trinajstić information content (AvgIpc) is 2.17. The normalized spacial score (nSPS) is 12.5. The van der Waals surface area contributed by atoms with Gasteiger partial charge in [0.2, 0.25) is 0 Å². The van der Waals surface area contributed by atoms with Crippen molar-refractivity contribution in [2.24, 2.45) is 5.73 Å². The highest BCUT2D eigenvalue weighted by molar-refractivity contribution is 9.10. The standard InChI is InChI=1S/C12H15BrFN/c1-2-3-4-5-12(15)10-7-6-9(14)8-11(10)13/h2,6-8,12H,1,3-5,15H2. The van der Waals surface area contributed by atoms with Gasteiger partial charge in [0.25, 0.3) is 0 Å². The third-order valence-corrected chi connectivity index (χ3v) is 2.97. The van der Waals surface area contributed by atoms with Crippen LogP contribution in [0, 0.1) is 5.82 Å². The van der Waals surface area contributed by atoms with Gasteiger partial charge in [0.05, 0.1) is 0 Å². The molecule has 2 N–H and O–H groups in total. The molecule has 1 atom stereocenters. The number of halogens is 2. The van der Waals surface area contributed by atoms with Crippen molar-refractivity contribution in [2.75, 3.05) is 0 Å². The van der Waals surface area contributed by atoms with E-state index in [2.05, 4.69) is 22.5 Å². The molecule has 1 aromatic rings. The molecule has 0 amide bonds. The Kier molecular flexibility index (Phi) is 4.99. The number of unbranched alkanes of at least 4 members (excludes halogenated alkanes) is 1. The first-order valence-corrected chi connectivity index (χ1v) is 5.76. The predicted molar refractivity (Wildman–Crippen MR) is 65.1 cm³/mol. The van der Waals surface area contributed by atoms with E-state index in [1.807, 2.05) is 6.08 Å². The van der Waals surface area contributed by atoms with E-state index in [0.29, 0.717) is 0 Å². The zero-order chi connectivity index (χ0) is 11.3. The third kappa shape index (κ3) is 3.76. The number of hydrogen-bond acceptors (Lipinski definition) is 1. The third-order valence-electron chi connectivity index (χ3n) is 2.29. The SMILES string of the molecule is C=CCCCC(N)c1ccc(F)cc1Br. The van der Waals surface area contributed by atoms with E-state index in [1.165, 1.54) is 12.1 Å². The molecule has 1 rings (SSSR count). The highest BCUT2D eigenvalue weighted by Gasteiger charge is 2.09. The van der Waals surface area contributed by atoms with Gasteiger partial charge in [0, 0.05) is 10.5 Å². The molecule has 82 valence electrons. The van der Waals surface area contributed by atoms with Crippen LogP contribution in [0.25, 0.3) is 0 Å². The second-order valence-corrected chi connectivity index (χ2v) is 4.35. The molecule has 0 aliphatic rings. The summed E-state index contributed by atoms with van der Waals surface area (Å²) in [6.45, 7) is 3.66. The maximum atomic E-state index is 12.8. The Balaban J connectivity index is 2.64. The van der Waals surface area contributed by atoms with E-state index < -0.39 is 0 Å². The van der Waals surface area contributed by atoms with Gasteiger partial charge in [0.15, 0.2) is 0 Å². The highest BCUT2D eigenvalue weighted by atomic mass is 79.9.